The number of anilines is 1. The lowest BCUT2D eigenvalue weighted by Crippen LogP contribution is -2.49. The van der Waals surface area contributed by atoms with Gasteiger partial charge in [-0.1, -0.05) is 42.5 Å². The number of amides is 2. The van der Waals surface area contributed by atoms with E-state index in [9.17, 15) is 14.7 Å². The third-order valence-corrected chi connectivity index (χ3v) is 5.25. The number of para-hydroxylation sites is 2. The average Bonchev–Trinajstić information content (AvgIpc) is 2.78. The summed E-state index contributed by atoms with van der Waals surface area (Å²) in [5.74, 6) is -1.28. The number of methoxy groups -OCH3 is 1. The van der Waals surface area contributed by atoms with Gasteiger partial charge in [-0.25, -0.2) is 0 Å². The van der Waals surface area contributed by atoms with Crippen molar-refractivity contribution >= 4 is 17.5 Å². The largest absolute Gasteiger partial charge is 0.495 e. The van der Waals surface area contributed by atoms with E-state index < -0.39 is 17.4 Å². The van der Waals surface area contributed by atoms with Gasteiger partial charge in [0.05, 0.1) is 19.3 Å². The molecule has 29 heavy (non-hydrogen) atoms. The summed E-state index contributed by atoms with van der Waals surface area (Å²) in [7, 11) is 1.49. The lowest BCUT2D eigenvalue weighted by molar-refractivity contribution is -0.137. The Morgan fingerprint density at radius 2 is 1.72 bits per heavy atom. The Morgan fingerprint density at radius 1 is 1.07 bits per heavy atom. The molecule has 2 aromatic carbocycles. The van der Waals surface area contributed by atoms with Crippen molar-refractivity contribution in [1.29, 1.82) is 0 Å². The van der Waals surface area contributed by atoms with Gasteiger partial charge in [0, 0.05) is 13.2 Å². The summed E-state index contributed by atoms with van der Waals surface area (Å²) in [4.78, 5) is 24.7. The summed E-state index contributed by atoms with van der Waals surface area (Å²) in [5, 5.41) is 16.6. The predicted octanol–water partition coefficient (Wildman–Crippen LogP) is 2.06. The highest BCUT2D eigenvalue weighted by molar-refractivity contribution is 6.39. The van der Waals surface area contributed by atoms with Gasteiger partial charge in [-0.15, -0.1) is 0 Å². The lowest BCUT2D eigenvalue weighted by atomic mass is 9.77. The standard InChI is InChI=1S/C22H26N2O5/c1-28-19-10-6-5-9-18(19)24-21(26)20(25)23-15-22(27,16-7-3-2-4-8-16)17-11-13-29-14-12-17/h2-10,17,27H,11-15H2,1H3,(H,23,25)(H,24,26). The quantitative estimate of drug-likeness (QED) is 0.648. The molecule has 1 aliphatic rings. The number of ether oxygens (including phenoxy) is 2. The van der Waals surface area contributed by atoms with Gasteiger partial charge in [0.15, 0.2) is 0 Å². The predicted molar refractivity (Wildman–Crippen MR) is 109 cm³/mol. The zero-order valence-corrected chi connectivity index (χ0v) is 16.4. The number of benzene rings is 2. The molecule has 1 saturated heterocycles. The van der Waals surface area contributed by atoms with Crippen LogP contribution in [0.3, 0.4) is 0 Å². The first-order valence-electron chi connectivity index (χ1n) is 9.62. The van der Waals surface area contributed by atoms with Gasteiger partial charge in [-0.3, -0.25) is 9.59 Å². The molecule has 1 unspecified atom stereocenters. The van der Waals surface area contributed by atoms with Crippen LogP contribution in [0.5, 0.6) is 5.75 Å². The number of carbonyl (C=O) groups excluding carboxylic acids is 2. The number of rotatable bonds is 6. The smallest absolute Gasteiger partial charge is 0.313 e. The molecule has 0 bridgehead atoms. The molecule has 0 saturated carbocycles. The summed E-state index contributed by atoms with van der Waals surface area (Å²) in [6, 6.07) is 16.0. The van der Waals surface area contributed by atoms with Crippen molar-refractivity contribution in [1.82, 2.24) is 5.32 Å². The molecule has 3 rings (SSSR count). The Hall–Kier alpha value is -2.90. The van der Waals surface area contributed by atoms with E-state index in [0.29, 0.717) is 43.1 Å². The number of carbonyl (C=O) groups is 2. The average molecular weight is 398 g/mol. The van der Waals surface area contributed by atoms with Crippen LogP contribution in [0.4, 0.5) is 5.69 Å². The van der Waals surface area contributed by atoms with Crippen molar-refractivity contribution in [3.05, 3.63) is 60.2 Å². The highest BCUT2D eigenvalue weighted by Gasteiger charge is 2.39. The molecule has 3 N–H and O–H groups in total. The topological polar surface area (TPSA) is 96.9 Å². The molecule has 1 fully saturated rings. The summed E-state index contributed by atoms with van der Waals surface area (Å²) < 4.78 is 10.6. The number of hydrogen-bond acceptors (Lipinski definition) is 5. The van der Waals surface area contributed by atoms with Gasteiger partial charge in [-0.05, 0) is 36.5 Å². The van der Waals surface area contributed by atoms with Crippen molar-refractivity contribution < 1.29 is 24.2 Å². The van der Waals surface area contributed by atoms with E-state index in [2.05, 4.69) is 10.6 Å². The molecule has 7 heteroatoms. The monoisotopic (exact) mass is 398 g/mol. The Balaban J connectivity index is 1.70. The summed E-state index contributed by atoms with van der Waals surface area (Å²) >= 11 is 0. The fourth-order valence-corrected chi connectivity index (χ4v) is 3.61. The SMILES string of the molecule is COc1ccccc1NC(=O)C(=O)NCC(O)(c1ccccc1)C1CCOCC1. The molecule has 0 aliphatic carbocycles. The van der Waals surface area contributed by atoms with E-state index >= 15 is 0 Å². The second-order valence-corrected chi connectivity index (χ2v) is 7.01. The Labute approximate surface area is 170 Å². The fourth-order valence-electron chi connectivity index (χ4n) is 3.61. The number of aliphatic hydroxyl groups is 1. The highest BCUT2D eigenvalue weighted by atomic mass is 16.5. The van der Waals surface area contributed by atoms with Crippen LogP contribution >= 0.6 is 0 Å². The van der Waals surface area contributed by atoms with Gasteiger partial charge in [-0.2, -0.15) is 0 Å². The number of hydrogen-bond donors (Lipinski definition) is 3. The van der Waals surface area contributed by atoms with Crippen LogP contribution < -0.4 is 15.4 Å². The summed E-state index contributed by atoms with van der Waals surface area (Å²) in [5.41, 5.74) is -0.180. The van der Waals surface area contributed by atoms with E-state index in [1.54, 1.807) is 24.3 Å². The second kappa shape index (κ2) is 9.54. The third kappa shape index (κ3) is 4.93. The Bertz CT molecular complexity index is 836. The van der Waals surface area contributed by atoms with Gasteiger partial charge in [0.1, 0.15) is 11.4 Å². The highest BCUT2D eigenvalue weighted by Crippen LogP contribution is 2.35. The van der Waals surface area contributed by atoms with E-state index in [-0.39, 0.29) is 12.5 Å². The van der Waals surface area contributed by atoms with Gasteiger partial charge in [0.25, 0.3) is 0 Å². The van der Waals surface area contributed by atoms with Crippen LogP contribution in [-0.4, -0.2) is 43.8 Å². The zero-order valence-electron chi connectivity index (χ0n) is 16.4. The second-order valence-electron chi connectivity index (χ2n) is 7.01. The van der Waals surface area contributed by atoms with Crippen LogP contribution in [0.1, 0.15) is 18.4 Å². The molecule has 0 radical (unpaired) electrons. The van der Waals surface area contributed by atoms with E-state index in [0.717, 1.165) is 0 Å². The molecule has 2 amide bonds. The van der Waals surface area contributed by atoms with Crippen molar-refractivity contribution in [2.45, 2.75) is 18.4 Å². The Kier molecular flexibility index (Phi) is 6.85. The molecule has 0 aromatic heterocycles. The van der Waals surface area contributed by atoms with Crippen LogP contribution in [0.25, 0.3) is 0 Å². The van der Waals surface area contributed by atoms with Crippen molar-refractivity contribution in [2.24, 2.45) is 5.92 Å². The molecule has 1 atom stereocenters. The van der Waals surface area contributed by atoms with Gasteiger partial charge < -0.3 is 25.2 Å². The van der Waals surface area contributed by atoms with E-state index in [4.69, 9.17) is 9.47 Å². The zero-order chi connectivity index (χ0) is 20.7. The minimum Gasteiger partial charge on any atom is -0.495 e. The third-order valence-electron chi connectivity index (χ3n) is 5.25. The first-order valence-corrected chi connectivity index (χ1v) is 9.62. The normalized spacial score (nSPS) is 16.5. The van der Waals surface area contributed by atoms with Crippen LogP contribution in [0.2, 0.25) is 0 Å². The van der Waals surface area contributed by atoms with Gasteiger partial charge >= 0.3 is 11.8 Å². The fraction of sp³-hybridized carbons (Fsp3) is 0.364. The van der Waals surface area contributed by atoms with E-state index in [1.807, 2.05) is 30.3 Å². The summed E-state index contributed by atoms with van der Waals surface area (Å²) in [6.07, 6.45) is 1.35. The van der Waals surface area contributed by atoms with Crippen molar-refractivity contribution in [3.63, 3.8) is 0 Å². The molecule has 2 aromatic rings. The maximum absolute atomic E-state index is 12.4. The lowest BCUT2D eigenvalue weighted by Gasteiger charge is -2.39. The minimum atomic E-state index is -1.29. The van der Waals surface area contributed by atoms with Crippen LogP contribution in [0.15, 0.2) is 54.6 Å². The molecular formula is C22H26N2O5. The van der Waals surface area contributed by atoms with Gasteiger partial charge in [0.2, 0.25) is 0 Å². The van der Waals surface area contributed by atoms with Crippen molar-refractivity contribution in [2.75, 3.05) is 32.2 Å². The summed E-state index contributed by atoms with van der Waals surface area (Å²) in [6.45, 7) is 1.05. The van der Waals surface area contributed by atoms with E-state index in [1.165, 1.54) is 7.11 Å². The molecule has 1 heterocycles. The molecular weight excluding hydrogens is 372 g/mol. The molecule has 154 valence electrons. The first-order chi connectivity index (χ1) is 14.0. The minimum absolute atomic E-state index is 0.0696. The van der Waals surface area contributed by atoms with Crippen LogP contribution in [0, 0.1) is 5.92 Å². The maximum atomic E-state index is 12.4. The van der Waals surface area contributed by atoms with Crippen LogP contribution in [-0.2, 0) is 19.9 Å². The first kappa shape index (κ1) is 20.8. The number of nitrogens with one attached hydrogen (secondary N) is 2. The molecule has 7 nitrogen and oxygen atoms in total. The Morgan fingerprint density at radius 3 is 2.41 bits per heavy atom. The molecule has 0 spiro atoms. The maximum Gasteiger partial charge on any atom is 0.313 e. The van der Waals surface area contributed by atoms with Crippen molar-refractivity contribution in [3.8, 4) is 5.75 Å². The molecule has 1 aliphatic heterocycles.